The lowest BCUT2D eigenvalue weighted by Gasteiger charge is -2.07. The van der Waals surface area contributed by atoms with Crippen molar-refractivity contribution in [3.05, 3.63) is 12.2 Å². The monoisotopic (exact) mass is 307 g/mol. The van der Waals surface area contributed by atoms with Crippen molar-refractivity contribution in [1.82, 2.24) is 0 Å². The van der Waals surface area contributed by atoms with Crippen molar-refractivity contribution < 1.29 is 21.9 Å². The third-order valence-corrected chi connectivity index (χ3v) is 3.22. The molecule has 0 aromatic rings. The van der Waals surface area contributed by atoms with E-state index >= 15 is 0 Å². The van der Waals surface area contributed by atoms with Crippen LogP contribution in [0.2, 0.25) is 0 Å². The van der Waals surface area contributed by atoms with E-state index in [4.69, 9.17) is 4.74 Å². The van der Waals surface area contributed by atoms with Crippen LogP contribution in [0.15, 0.2) is 12.2 Å². The van der Waals surface area contributed by atoms with Gasteiger partial charge in [-0.3, -0.25) is 4.18 Å². The zero-order valence-corrected chi connectivity index (χ0v) is 13.2. The minimum absolute atomic E-state index is 0.144. The standard InChI is InChI=1S/C14H28O5S/c1-2-3-4-5-6-7-8-9-10-11-12-18-13-14-19-20(15,16)17/h3-4H,2,5-14H2,1H3,(H,15,16,17)/p-1/b4-3+. The van der Waals surface area contributed by atoms with Gasteiger partial charge in [-0.15, -0.1) is 0 Å². The van der Waals surface area contributed by atoms with Gasteiger partial charge in [0.15, 0.2) is 0 Å². The van der Waals surface area contributed by atoms with Crippen LogP contribution in [0.3, 0.4) is 0 Å². The molecule has 0 fully saturated rings. The van der Waals surface area contributed by atoms with Crippen LogP contribution < -0.4 is 0 Å². The van der Waals surface area contributed by atoms with Crippen molar-refractivity contribution >= 4 is 10.4 Å². The summed E-state index contributed by atoms with van der Waals surface area (Å²) in [5.41, 5.74) is 0. The maximum Gasteiger partial charge on any atom is 0.217 e. The van der Waals surface area contributed by atoms with Crippen LogP contribution >= 0.6 is 0 Å². The summed E-state index contributed by atoms with van der Waals surface area (Å²) in [5, 5.41) is 0. The molecule has 0 spiro atoms. The van der Waals surface area contributed by atoms with Crippen LogP contribution in [-0.4, -0.2) is 32.8 Å². The second kappa shape index (κ2) is 13.5. The topological polar surface area (TPSA) is 75.7 Å². The maximum absolute atomic E-state index is 10.1. The van der Waals surface area contributed by atoms with E-state index in [2.05, 4.69) is 23.3 Å². The smallest absolute Gasteiger partial charge is 0.217 e. The Balaban J connectivity index is 3.08. The fourth-order valence-corrected chi connectivity index (χ4v) is 2.03. The quantitative estimate of drug-likeness (QED) is 0.213. The Labute approximate surface area is 123 Å². The molecule has 0 radical (unpaired) electrons. The first kappa shape index (κ1) is 19.6. The van der Waals surface area contributed by atoms with Gasteiger partial charge in [0, 0.05) is 6.61 Å². The molecular formula is C14H27O5S-. The minimum Gasteiger partial charge on any atom is -0.726 e. The summed E-state index contributed by atoms with van der Waals surface area (Å²) in [7, 11) is -4.58. The molecule has 0 saturated heterocycles. The molecule has 0 amide bonds. The number of allylic oxidation sites excluding steroid dienone is 2. The third-order valence-electron chi connectivity index (χ3n) is 2.77. The molecule has 0 aliphatic carbocycles. The molecule has 0 heterocycles. The van der Waals surface area contributed by atoms with E-state index in [1.165, 1.54) is 32.1 Å². The summed E-state index contributed by atoms with van der Waals surface area (Å²) in [5.74, 6) is 0. The molecule has 120 valence electrons. The Bertz CT molecular complexity index is 324. The molecule has 0 aliphatic rings. The van der Waals surface area contributed by atoms with Gasteiger partial charge in [0.2, 0.25) is 10.4 Å². The number of hydrogen-bond acceptors (Lipinski definition) is 5. The molecule has 20 heavy (non-hydrogen) atoms. The van der Waals surface area contributed by atoms with Crippen molar-refractivity contribution in [2.45, 2.75) is 58.3 Å². The highest BCUT2D eigenvalue weighted by molar-refractivity contribution is 7.80. The highest BCUT2D eigenvalue weighted by Gasteiger charge is 1.95. The summed E-state index contributed by atoms with van der Waals surface area (Å²) < 4.78 is 39.5. The van der Waals surface area contributed by atoms with E-state index in [0.29, 0.717) is 6.61 Å². The first-order valence-corrected chi connectivity index (χ1v) is 8.72. The average molecular weight is 307 g/mol. The summed E-state index contributed by atoms with van der Waals surface area (Å²) in [6, 6.07) is 0. The third kappa shape index (κ3) is 17.6. The molecule has 0 rings (SSSR count). The van der Waals surface area contributed by atoms with E-state index in [1.54, 1.807) is 0 Å². The molecule has 5 nitrogen and oxygen atoms in total. The minimum atomic E-state index is -4.58. The largest absolute Gasteiger partial charge is 0.726 e. The highest BCUT2D eigenvalue weighted by Crippen LogP contribution is 2.07. The summed E-state index contributed by atoms with van der Waals surface area (Å²) in [6.07, 6.45) is 13.8. The maximum atomic E-state index is 10.1. The molecule has 0 bridgehead atoms. The van der Waals surface area contributed by atoms with Gasteiger partial charge in [-0.25, -0.2) is 8.42 Å². The van der Waals surface area contributed by atoms with Gasteiger partial charge in [0.1, 0.15) is 0 Å². The van der Waals surface area contributed by atoms with Crippen molar-refractivity contribution in [3.8, 4) is 0 Å². The zero-order chi connectivity index (χ0) is 15.1. The van der Waals surface area contributed by atoms with Crippen LogP contribution in [0.4, 0.5) is 0 Å². The van der Waals surface area contributed by atoms with Crippen molar-refractivity contribution in [2.75, 3.05) is 19.8 Å². The Kier molecular flexibility index (Phi) is 13.3. The first-order valence-electron chi connectivity index (χ1n) is 7.39. The van der Waals surface area contributed by atoms with Crippen molar-refractivity contribution in [3.63, 3.8) is 0 Å². The van der Waals surface area contributed by atoms with Gasteiger partial charge >= 0.3 is 0 Å². The molecule has 0 unspecified atom stereocenters. The van der Waals surface area contributed by atoms with Crippen LogP contribution in [0.1, 0.15) is 58.3 Å². The predicted octanol–water partition coefficient (Wildman–Crippen LogP) is 3.18. The second-order valence-corrected chi connectivity index (χ2v) is 5.68. The number of hydrogen-bond donors (Lipinski definition) is 0. The zero-order valence-electron chi connectivity index (χ0n) is 12.4. The van der Waals surface area contributed by atoms with Crippen molar-refractivity contribution in [1.29, 1.82) is 0 Å². The van der Waals surface area contributed by atoms with E-state index in [-0.39, 0.29) is 13.2 Å². The summed E-state index contributed by atoms with van der Waals surface area (Å²) in [4.78, 5) is 0. The van der Waals surface area contributed by atoms with Gasteiger partial charge in [0.25, 0.3) is 0 Å². The lowest BCUT2D eigenvalue weighted by Crippen LogP contribution is -2.10. The molecule has 0 saturated carbocycles. The van der Waals surface area contributed by atoms with Crippen LogP contribution in [0.25, 0.3) is 0 Å². The molecule has 6 heteroatoms. The number of unbranched alkanes of at least 4 members (excludes halogenated alkanes) is 6. The molecule has 0 aromatic heterocycles. The normalized spacial score (nSPS) is 12.3. The Hall–Kier alpha value is -0.430. The lowest BCUT2D eigenvalue weighted by atomic mass is 10.1. The van der Waals surface area contributed by atoms with Gasteiger partial charge in [-0.1, -0.05) is 44.8 Å². The Morgan fingerprint density at radius 1 is 0.900 bits per heavy atom. The van der Waals surface area contributed by atoms with Gasteiger partial charge in [-0.2, -0.15) is 0 Å². The first-order chi connectivity index (χ1) is 9.56. The predicted molar refractivity (Wildman–Crippen MR) is 78.2 cm³/mol. The number of rotatable bonds is 14. The van der Waals surface area contributed by atoms with Gasteiger partial charge < -0.3 is 9.29 Å². The van der Waals surface area contributed by atoms with Crippen LogP contribution in [0, 0.1) is 0 Å². The molecule has 0 aliphatic heterocycles. The van der Waals surface area contributed by atoms with Crippen molar-refractivity contribution in [2.24, 2.45) is 0 Å². The number of ether oxygens (including phenoxy) is 1. The van der Waals surface area contributed by atoms with Gasteiger partial charge in [0.05, 0.1) is 13.2 Å². The molecular weight excluding hydrogens is 280 g/mol. The van der Waals surface area contributed by atoms with E-state index in [9.17, 15) is 13.0 Å². The highest BCUT2D eigenvalue weighted by atomic mass is 32.3. The van der Waals surface area contributed by atoms with Crippen LogP contribution in [-0.2, 0) is 19.3 Å². The van der Waals surface area contributed by atoms with E-state index < -0.39 is 10.4 Å². The summed E-state index contributed by atoms with van der Waals surface area (Å²) >= 11 is 0. The fraction of sp³-hybridized carbons (Fsp3) is 0.857. The SMILES string of the molecule is CC/C=C/CCCCCCCCOCCOS(=O)(=O)[O-]. The summed E-state index contributed by atoms with van der Waals surface area (Å²) in [6.45, 7) is 2.67. The fourth-order valence-electron chi connectivity index (χ4n) is 1.76. The van der Waals surface area contributed by atoms with Crippen LogP contribution in [0.5, 0.6) is 0 Å². The van der Waals surface area contributed by atoms with Gasteiger partial charge in [-0.05, 0) is 25.7 Å². The second-order valence-electron chi connectivity index (χ2n) is 4.63. The molecule has 0 aromatic carbocycles. The average Bonchev–Trinajstić information content (AvgIpc) is 2.38. The molecule has 0 atom stereocenters. The van der Waals surface area contributed by atoms with E-state index in [1.807, 2.05) is 0 Å². The Morgan fingerprint density at radius 3 is 2.20 bits per heavy atom. The molecule has 0 N–H and O–H groups in total. The van der Waals surface area contributed by atoms with E-state index in [0.717, 1.165) is 19.3 Å². The lowest BCUT2D eigenvalue weighted by molar-refractivity contribution is 0.0939. The Morgan fingerprint density at radius 2 is 1.55 bits per heavy atom.